The van der Waals surface area contributed by atoms with Gasteiger partial charge in [0.25, 0.3) is 0 Å². The van der Waals surface area contributed by atoms with Gasteiger partial charge in [-0.15, -0.1) is 0 Å². The number of unbranched alkanes of at least 4 members (excludes halogenated alkanes) is 1. The number of hydrazine groups is 1. The molecule has 4 nitrogen and oxygen atoms in total. The second-order valence-corrected chi connectivity index (χ2v) is 9.09. The first-order valence-electron chi connectivity index (χ1n) is 11.9. The maximum atomic E-state index is 11.1. The first kappa shape index (κ1) is 21.0. The number of nitrogens with zero attached hydrogens (tertiary/aromatic N) is 3. The van der Waals surface area contributed by atoms with Crippen LogP contribution in [0.2, 0.25) is 0 Å². The fourth-order valence-corrected chi connectivity index (χ4v) is 5.13. The van der Waals surface area contributed by atoms with Crippen molar-refractivity contribution in [1.29, 1.82) is 0 Å². The minimum absolute atomic E-state index is 0.660. The molecule has 2 aliphatic heterocycles. The Morgan fingerprint density at radius 3 is 2.09 bits per heavy atom. The summed E-state index contributed by atoms with van der Waals surface area (Å²) >= 11 is 0. The molecule has 1 saturated heterocycles. The lowest BCUT2D eigenvalue weighted by atomic mass is 9.84. The van der Waals surface area contributed by atoms with Crippen molar-refractivity contribution in [3.05, 3.63) is 96.1 Å². The molecule has 0 saturated carbocycles. The average molecular weight is 428 g/mol. The number of hydrogen-bond acceptors (Lipinski definition) is 4. The SMILES string of the molecule is OC1(c2ccccc2)CCN(CCCCN2c3ccccc3CN2c2ccccc2)CC1. The number of para-hydroxylation sites is 2. The van der Waals surface area contributed by atoms with Crippen LogP contribution in [0.15, 0.2) is 84.9 Å². The smallest absolute Gasteiger partial charge is 0.0920 e. The second-order valence-electron chi connectivity index (χ2n) is 9.09. The van der Waals surface area contributed by atoms with Crippen molar-refractivity contribution in [3.63, 3.8) is 0 Å². The van der Waals surface area contributed by atoms with Crippen molar-refractivity contribution in [3.8, 4) is 0 Å². The third kappa shape index (κ3) is 4.38. The van der Waals surface area contributed by atoms with Gasteiger partial charge >= 0.3 is 0 Å². The quantitative estimate of drug-likeness (QED) is 0.526. The van der Waals surface area contributed by atoms with Gasteiger partial charge in [-0.25, -0.2) is 0 Å². The van der Waals surface area contributed by atoms with Gasteiger partial charge in [0.05, 0.1) is 23.5 Å². The molecule has 2 aliphatic rings. The fraction of sp³-hybridized carbons (Fsp3) is 0.357. The molecular formula is C28H33N3O. The number of aliphatic hydroxyl groups is 1. The summed E-state index contributed by atoms with van der Waals surface area (Å²) in [6, 6.07) is 29.6. The van der Waals surface area contributed by atoms with Gasteiger partial charge < -0.3 is 10.0 Å². The standard InChI is InChI=1S/C28H33N3O/c32-28(25-12-3-1-4-13-25)17-21-29(22-18-28)19-9-10-20-30-27-16-8-7-11-24(27)23-31(30)26-14-5-2-6-15-26/h1-8,11-16,32H,9-10,17-23H2. The van der Waals surface area contributed by atoms with Crippen molar-refractivity contribution in [2.75, 3.05) is 36.2 Å². The summed E-state index contributed by atoms with van der Waals surface area (Å²) in [6.07, 6.45) is 3.96. The van der Waals surface area contributed by atoms with Crippen molar-refractivity contribution in [2.24, 2.45) is 0 Å². The number of anilines is 2. The van der Waals surface area contributed by atoms with Crippen LogP contribution < -0.4 is 10.0 Å². The van der Waals surface area contributed by atoms with Crippen LogP contribution >= 0.6 is 0 Å². The van der Waals surface area contributed by atoms with Gasteiger partial charge in [0.1, 0.15) is 0 Å². The molecule has 0 aliphatic carbocycles. The zero-order chi connectivity index (χ0) is 21.8. The first-order valence-corrected chi connectivity index (χ1v) is 11.9. The maximum absolute atomic E-state index is 11.1. The summed E-state index contributed by atoms with van der Waals surface area (Å²) in [5.74, 6) is 0. The molecule has 0 radical (unpaired) electrons. The Hall–Kier alpha value is -2.82. The molecule has 0 spiro atoms. The largest absolute Gasteiger partial charge is 0.385 e. The van der Waals surface area contributed by atoms with Crippen LogP contribution in [0.25, 0.3) is 0 Å². The summed E-state index contributed by atoms with van der Waals surface area (Å²) in [5, 5.41) is 15.9. The number of piperidine rings is 1. The number of fused-ring (bicyclic) bond motifs is 1. The van der Waals surface area contributed by atoms with E-state index in [1.807, 2.05) is 18.2 Å². The van der Waals surface area contributed by atoms with Crippen LogP contribution in [-0.2, 0) is 12.1 Å². The minimum Gasteiger partial charge on any atom is -0.385 e. The lowest BCUT2D eigenvalue weighted by molar-refractivity contribution is -0.0260. The summed E-state index contributed by atoms with van der Waals surface area (Å²) in [6.45, 7) is 4.99. The van der Waals surface area contributed by atoms with Crippen LogP contribution in [-0.4, -0.2) is 36.2 Å². The molecule has 0 unspecified atom stereocenters. The third-order valence-corrected chi connectivity index (χ3v) is 7.02. The first-order chi connectivity index (χ1) is 15.7. The average Bonchev–Trinajstić information content (AvgIpc) is 3.23. The van der Waals surface area contributed by atoms with E-state index in [4.69, 9.17) is 0 Å². The Bertz CT molecular complexity index is 999. The van der Waals surface area contributed by atoms with Crippen LogP contribution in [0.1, 0.15) is 36.8 Å². The van der Waals surface area contributed by atoms with E-state index in [-0.39, 0.29) is 0 Å². The van der Waals surface area contributed by atoms with E-state index in [1.54, 1.807) is 0 Å². The van der Waals surface area contributed by atoms with Crippen LogP contribution in [0.4, 0.5) is 11.4 Å². The van der Waals surface area contributed by atoms with Crippen LogP contribution in [0, 0.1) is 0 Å². The lowest BCUT2D eigenvalue weighted by Gasteiger charge is -2.38. The highest BCUT2D eigenvalue weighted by Gasteiger charge is 2.33. The van der Waals surface area contributed by atoms with E-state index >= 15 is 0 Å². The van der Waals surface area contributed by atoms with Crippen molar-refractivity contribution < 1.29 is 5.11 Å². The monoisotopic (exact) mass is 427 g/mol. The van der Waals surface area contributed by atoms with Gasteiger partial charge in [-0.2, -0.15) is 0 Å². The maximum Gasteiger partial charge on any atom is 0.0920 e. The minimum atomic E-state index is -0.660. The number of benzene rings is 3. The zero-order valence-electron chi connectivity index (χ0n) is 18.7. The van der Waals surface area contributed by atoms with Gasteiger partial charge in [-0.05, 0) is 61.6 Å². The number of hydrogen-bond donors (Lipinski definition) is 1. The van der Waals surface area contributed by atoms with Gasteiger partial charge in [-0.3, -0.25) is 10.0 Å². The molecule has 0 bridgehead atoms. The van der Waals surface area contributed by atoms with Crippen molar-refractivity contribution in [1.82, 2.24) is 4.90 Å². The van der Waals surface area contributed by atoms with Gasteiger partial charge in [0.2, 0.25) is 0 Å². The van der Waals surface area contributed by atoms with Crippen molar-refractivity contribution in [2.45, 2.75) is 37.8 Å². The van der Waals surface area contributed by atoms with Crippen molar-refractivity contribution >= 4 is 11.4 Å². The summed E-state index contributed by atoms with van der Waals surface area (Å²) in [4.78, 5) is 2.52. The summed E-state index contributed by atoms with van der Waals surface area (Å²) < 4.78 is 0. The normalized spacial score (nSPS) is 18.0. The predicted octanol–water partition coefficient (Wildman–Crippen LogP) is 5.19. The molecule has 0 amide bonds. The molecule has 0 aromatic heterocycles. The van der Waals surface area contributed by atoms with Gasteiger partial charge in [-0.1, -0.05) is 66.7 Å². The summed E-state index contributed by atoms with van der Waals surface area (Å²) in [7, 11) is 0. The molecule has 2 heterocycles. The number of rotatable bonds is 7. The number of likely N-dealkylation sites (tertiary alicyclic amines) is 1. The Labute approximate surface area is 191 Å². The Kier molecular flexibility index (Phi) is 6.15. The molecule has 4 heteroatoms. The topological polar surface area (TPSA) is 30.0 Å². The molecule has 166 valence electrons. The molecule has 32 heavy (non-hydrogen) atoms. The molecule has 1 N–H and O–H groups in total. The van der Waals surface area contributed by atoms with E-state index in [0.717, 1.165) is 57.5 Å². The molecule has 3 aromatic carbocycles. The summed E-state index contributed by atoms with van der Waals surface area (Å²) in [5.41, 5.74) is 4.39. The molecule has 1 fully saturated rings. The molecule has 0 atom stereocenters. The van der Waals surface area contributed by atoms with Crippen LogP contribution in [0.3, 0.4) is 0 Å². The molecule has 3 aromatic rings. The predicted molar refractivity (Wildman–Crippen MR) is 132 cm³/mol. The highest BCUT2D eigenvalue weighted by Crippen LogP contribution is 2.35. The third-order valence-electron chi connectivity index (χ3n) is 7.02. The van der Waals surface area contributed by atoms with Crippen LogP contribution in [0.5, 0.6) is 0 Å². The highest BCUT2D eigenvalue weighted by atomic mass is 16.3. The van der Waals surface area contributed by atoms with E-state index in [2.05, 4.69) is 81.6 Å². The van der Waals surface area contributed by atoms with E-state index in [9.17, 15) is 5.11 Å². The Morgan fingerprint density at radius 2 is 1.34 bits per heavy atom. The van der Waals surface area contributed by atoms with Gasteiger partial charge in [0.15, 0.2) is 0 Å². The lowest BCUT2D eigenvalue weighted by Crippen LogP contribution is -2.43. The van der Waals surface area contributed by atoms with Gasteiger partial charge in [0, 0.05) is 19.6 Å². The molecule has 5 rings (SSSR count). The van der Waals surface area contributed by atoms with E-state index < -0.39 is 5.60 Å². The van der Waals surface area contributed by atoms with E-state index in [1.165, 1.54) is 23.4 Å². The zero-order valence-corrected chi connectivity index (χ0v) is 18.7. The second kappa shape index (κ2) is 9.35. The Balaban J connectivity index is 1.14. The fourth-order valence-electron chi connectivity index (χ4n) is 5.13. The molecular weight excluding hydrogens is 394 g/mol. The highest BCUT2D eigenvalue weighted by molar-refractivity contribution is 5.66. The Morgan fingerprint density at radius 1 is 0.719 bits per heavy atom. The van der Waals surface area contributed by atoms with E-state index in [0.29, 0.717) is 0 Å².